The highest BCUT2D eigenvalue weighted by molar-refractivity contribution is 5.77. The molecule has 1 atom stereocenters. The van der Waals surface area contributed by atoms with Crippen molar-refractivity contribution in [3.8, 4) is 0 Å². The van der Waals surface area contributed by atoms with Crippen LogP contribution in [0, 0.1) is 12.8 Å². The van der Waals surface area contributed by atoms with Crippen molar-refractivity contribution in [2.24, 2.45) is 5.92 Å². The molecule has 2 N–H and O–H groups in total. The Morgan fingerprint density at radius 2 is 2.28 bits per heavy atom. The Morgan fingerprint density at radius 3 is 2.78 bits per heavy atom. The van der Waals surface area contributed by atoms with Gasteiger partial charge in [0.15, 0.2) is 0 Å². The summed E-state index contributed by atoms with van der Waals surface area (Å²) in [5.41, 5.74) is -0.448. The van der Waals surface area contributed by atoms with Crippen LogP contribution in [-0.2, 0) is 11.2 Å². The molecule has 0 spiro atoms. The Labute approximate surface area is 107 Å². The van der Waals surface area contributed by atoms with Crippen molar-refractivity contribution in [2.75, 3.05) is 6.61 Å². The number of nitrogens with one attached hydrogen (secondary N) is 1. The van der Waals surface area contributed by atoms with Crippen molar-refractivity contribution < 1.29 is 14.3 Å². The third-order valence-corrected chi connectivity index (χ3v) is 3.63. The van der Waals surface area contributed by atoms with Crippen LogP contribution in [0.25, 0.3) is 0 Å². The van der Waals surface area contributed by atoms with Gasteiger partial charge in [-0.15, -0.1) is 0 Å². The number of aryl methyl sites for hydroxylation is 2. The van der Waals surface area contributed by atoms with Gasteiger partial charge in [-0.05, 0) is 44.7 Å². The maximum absolute atomic E-state index is 11.9. The van der Waals surface area contributed by atoms with Crippen molar-refractivity contribution in [1.29, 1.82) is 0 Å². The predicted molar refractivity (Wildman–Crippen MR) is 68.1 cm³/mol. The molecule has 1 aliphatic carbocycles. The van der Waals surface area contributed by atoms with Gasteiger partial charge in [-0.1, -0.05) is 0 Å². The number of aliphatic hydroxyl groups is 1. The van der Waals surface area contributed by atoms with Crippen molar-refractivity contribution in [3.05, 3.63) is 23.7 Å². The first-order valence-electron chi connectivity index (χ1n) is 6.51. The van der Waals surface area contributed by atoms with Gasteiger partial charge in [0.25, 0.3) is 0 Å². The molecule has 1 saturated carbocycles. The lowest BCUT2D eigenvalue weighted by molar-refractivity contribution is -0.123. The molecule has 4 heteroatoms. The second-order valence-corrected chi connectivity index (χ2v) is 5.41. The van der Waals surface area contributed by atoms with Gasteiger partial charge in [0.1, 0.15) is 11.5 Å². The SMILES string of the molecule is Cc1ccc(CCC(=O)N[C@@](C)(CO)C2CC2)o1. The first kappa shape index (κ1) is 13.1. The summed E-state index contributed by atoms with van der Waals surface area (Å²) in [6.07, 6.45) is 3.19. The van der Waals surface area contributed by atoms with Gasteiger partial charge in [0, 0.05) is 12.8 Å². The molecule has 0 saturated heterocycles. The smallest absolute Gasteiger partial charge is 0.220 e. The van der Waals surface area contributed by atoms with Gasteiger partial charge in [0.2, 0.25) is 5.91 Å². The zero-order chi connectivity index (χ0) is 13.2. The highest BCUT2D eigenvalue weighted by Gasteiger charge is 2.41. The Bertz CT molecular complexity index is 422. The number of furan rings is 1. The molecule has 18 heavy (non-hydrogen) atoms. The molecule has 1 heterocycles. The molecule has 4 nitrogen and oxygen atoms in total. The van der Waals surface area contributed by atoms with E-state index in [9.17, 15) is 9.90 Å². The van der Waals surface area contributed by atoms with Gasteiger partial charge in [0.05, 0.1) is 12.1 Å². The molecule has 1 fully saturated rings. The fourth-order valence-electron chi connectivity index (χ4n) is 2.23. The summed E-state index contributed by atoms with van der Waals surface area (Å²) in [7, 11) is 0. The van der Waals surface area contributed by atoms with Gasteiger partial charge in [-0.2, -0.15) is 0 Å². The van der Waals surface area contributed by atoms with Crippen LogP contribution in [0.2, 0.25) is 0 Å². The van der Waals surface area contributed by atoms with Gasteiger partial charge < -0.3 is 14.8 Å². The van der Waals surface area contributed by atoms with Gasteiger partial charge >= 0.3 is 0 Å². The van der Waals surface area contributed by atoms with Crippen LogP contribution in [0.15, 0.2) is 16.5 Å². The van der Waals surface area contributed by atoms with E-state index in [-0.39, 0.29) is 12.5 Å². The van der Waals surface area contributed by atoms with E-state index in [1.54, 1.807) is 0 Å². The first-order valence-corrected chi connectivity index (χ1v) is 6.51. The van der Waals surface area contributed by atoms with Crippen LogP contribution < -0.4 is 5.32 Å². The molecule has 2 rings (SSSR count). The van der Waals surface area contributed by atoms with Crippen LogP contribution in [0.3, 0.4) is 0 Å². The zero-order valence-corrected chi connectivity index (χ0v) is 11.0. The summed E-state index contributed by atoms with van der Waals surface area (Å²) in [6.45, 7) is 3.81. The second-order valence-electron chi connectivity index (χ2n) is 5.41. The molecule has 0 bridgehead atoms. The van der Waals surface area contributed by atoms with Crippen molar-refractivity contribution >= 4 is 5.91 Å². The van der Waals surface area contributed by atoms with Crippen LogP contribution >= 0.6 is 0 Å². The highest BCUT2D eigenvalue weighted by atomic mass is 16.3. The summed E-state index contributed by atoms with van der Waals surface area (Å²) in [6, 6.07) is 3.80. The van der Waals surface area contributed by atoms with Crippen molar-refractivity contribution in [1.82, 2.24) is 5.32 Å². The van der Waals surface area contributed by atoms with Crippen molar-refractivity contribution in [2.45, 2.75) is 45.1 Å². The summed E-state index contributed by atoms with van der Waals surface area (Å²) in [5.74, 6) is 2.10. The Kier molecular flexibility index (Phi) is 3.76. The van der Waals surface area contributed by atoms with E-state index in [4.69, 9.17) is 4.42 Å². The average Bonchev–Trinajstić information content (AvgIpc) is 3.11. The molecule has 1 amide bonds. The Hall–Kier alpha value is -1.29. The maximum atomic E-state index is 11.9. The number of carbonyl (C=O) groups excluding carboxylic acids is 1. The summed E-state index contributed by atoms with van der Waals surface area (Å²) in [4.78, 5) is 11.9. The summed E-state index contributed by atoms with van der Waals surface area (Å²) >= 11 is 0. The van der Waals surface area contributed by atoms with E-state index in [2.05, 4.69) is 5.32 Å². The maximum Gasteiger partial charge on any atom is 0.220 e. The van der Waals surface area contributed by atoms with Gasteiger partial charge in [-0.25, -0.2) is 0 Å². The monoisotopic (exact) mass is 251 g/mol. The van der Waals surface area contributed by atoms with Crippen LogP contribution in [0.1, 0.15) is 37.7 Å². The first-order chi connectivity index (χ1) is 8.53. The molecule has 100 valence electrons. The number of hydrogen-bond acceptors (Lipinski definition) is 3. The normalized spacial score (nSPS) is 18.4. The second kappa shape index (κ2) is 5.14. The van der Waals surface area contributed by atoms with E-state index in [0.29, 0.717) is 18.8 Å². The minimum atomic E-state index is -0.448. The highest BCUT2D eigenvalue weighted by Crippen LogP contribution is 2.39. The van der Waals surface area contributed by atoms with E-state index in [0.717, 1.165) is 24.4 Å². The molecule has 1 aliphatic rings. The number of carbonyl (C=O) groups is 1. The largest absolute Gasteiger partial charge is 0.466 e. The predicted octanol–water partition coefficient (Wildman–Crippen LogP) is 1.80. The zero-order valence-electron chi connectivity index (χ0n) is 11.0. The van der Waals surface area contributed by atoms with E-state index in [1.165, 1.54) is 0 Å². The van der Waals surface area contributed by atoms with E-state index >= 15 is 0 Å². The third kappa shape index (κ3) is 3.13. The quantitative estimate of drug-likeness (QED) is 0.810. The third-order valence-electron chi connectivity index (χ3n) is 3.63. The van der Waals surface area contributed by atoms with Gasteiger partial charge in [-0.3, -0.25) is 4.79 Å². The Morgan fingerprint density at radius 1 is 1.56 bits per heavy atom. The Balaban J connectivity index is 1.81. The topological polar surface area (TPSA) is 62.5 Å². The molecule has 0 unspecified atom stereocenters. The molecule has 1 aromatic rings. The standard InChI is InChI=1S/C14H21NO3/c1-10-3-6-12(18-10)7-8-13(17)15-14(2,9-16)11-4-5-11/h3,6,11,16H,4-5,7-9H2,1-2H3,(H,15,17)/t14-/m0/s1. The molecule has 0 aliphatic heterocycles. The van der Waals surface area contributed by atoms with Crippen LogP contribution in [0.4, 0.5) is 0 Å². The lowest BCUT2D eigenvalue weighted by Gasteiger charge is -2.28. The number of rotatable bonds is 6. The molecule has 1 aromatic heterocycles. The minimum absolute atomic E-state index is 0.00324. The fourth-order valence-corrected chi connectivity index (χ4v) is 2.23. The summed E-state index contributed by atoms with van der Waals surface area (Å²) in [5, 5.41) is 12.4. The molecular formula is C14H21NO3. The van der Waals surface area contributed by atoms with Crippen molar-refractivity contribution in [3.63, 3.8) is 0 Å². The van der Waals surface area contributed by atoms with E-state index in [1.807, 2.05) is 26.0 Å². The van der Waals surface area contributed by atoms with Crippen LogP contribution in [0.5, 0.6) is 0 Å². The summed E-state index contributed by atoms with van der Waals surface area (Å²) < 4.78 is 5.42. The molecular weight excluding hydrogens is 230 g/mol. The molecule has 0 radical (unpaired) electrons. The molecule has 0 aromatic carbocycles. The van der Waals surface area contributed by atoms with E-state index < -0.39 is 5.54 Å². The fraction of sp³-hybridized carbons (Fsp3) is 0.643. The number of aliphatic hydroxyl groups excluding tert-OH is 1. The minimum Gasteiger partial charge on any atom is -0.466 e. The number of hydrogen-bond donors (Lipinski definition) is 2. The lowest BCUT2D eigenvalue weighted by atomic mass is 9.96. The van der Waals surface area contributed by atoms with Crippen LogP contribution in [-0.4, -0.2) is 23.2 Å². The number of amides is 1. The average molecular weight is 251 g/mol. The lowest BCUT2D eigenvalue weighted by Crippen LogP contribution is -2.50.